The van der Waals surface area contributed by atoms with Gasteiger partial charge in [-0.25, -0.2) is 0 Å². The van der Waals surface area contributed by atoms with Gasteiger partial charge in [0.2, 0.25) is 0 Å². The predicted octanol–water partition coefficient (Wildman–Crippen LogP) is 3.95. The van der Waals surface area contributed by atoms with E-state index in [0.29, 0.717) is 51.9 Å². The third-order valence-electron chi connectivity index (χ3n) is 5.71. The van der Waals surface area contributed by atoms with Crippen LogP contribution in [0.2, 0.25) is 0 Å². The van der Waals surface area contributed by atoms with Gasteiger partial charge in [-0.2, -0.15) is 0 Å². The van der Waals surface area contributed by atoms with Crippen molar-refractivity contribution in [2.45, 2.75) is 46.1 Å². The molecule has 0 aliphatic carbocycles. The molecule has 0 fully saturated rings. The zero-order valence-corrected chi connectivity index (χ0v) is 20.3. The van der Waals surface area contributed by atoms with E-state index in [1.807, 2.05) is 20.8 Å². The minimum atomic E-state index is -0.494. The van der Waals surface area contributed by atoms with Gasteiger partial charge in [0.15, 0.2) is 0 Å². The Bertz CT molecular complexity index is 724. The third kappa shape index (κ3) is 6.36. The Hall–Kier alpha value is -1.28. The highest BCUT2D eigenvalue weighted by atomic mass is 79.9. The molecule has 2 N–H and O–H groups in total. The number of ether oxygens (including phenoxy) is 4. The van der Waals surface area contributed by atoms with Crippen LogP contribution in [0.3, 0.4) is 0 Å². The van der Waals surface area contributed by atoms with Crippen molar-refractivity contribution in [3.05, 3.63) is 34.5 Å². The summed E-state index contributed by atoms with van der Waals surface area (Å²) >= 11 is 3.31. The molecule has 1 aliphatic rings. The Labute approximate surface area is 189 Å². The lowest BCUT2D eigenvalue weighted by atomic mass is 9.86. The van der Waals surface area contributed by atoms with E-state index in [4.69, 9.17) is 18.9 Å². The first-order valence-electron chi connectivity index (χ1n) is 10.5. The van der Waals surface area contributed by atoms with Crippen LogP contribution in [-0.4, -0.2) is 62.2 Å². The number of phenols is 1. The zero-order valence-electron chi connectivity index (χ0n) is 18.7. The number of phenolic OH excluding ortho intramolecular Hbond substituents is 1. The molecule has 7 heteroatoms. The molecule has 6 nitrogen and oxygen atoms in total. The van der Waals surface area contributed by atoms with Crippen LogP contribution in [0.5, 0.6) is 11.5 Å². The first-order chi connectivity index (χ1) is 14.3. The minimum Gasteiger partial charge on any atom is -0.507 e. The highest BCUT2D eigenvalue weighted by Crippen LogP contribution is 2.44. The maximum Gasteiger partial charge on any atom is 0.145 e. The number of alkyl halides is 1. The third-order valence-corrected chi connectivity index (χ3v) is 6.03. The van der Waals surface area contributed by atoms with Gasteiger partial charge in [0, 0.05) is 23.1 Å². The molecule has 30 heavy (non-hydrogen) atoms. The molecule has 2 rings (SSSR count). The van der Waals surface area contributed by atoms with Crippen molar-refractivity contribution < 1.29 is 24.1 Å². The van der Waals surface area contributed by atoms with Gasteiger partial charge >= 0.3 is 0 Å². The van der Waals surface area contributed by atoms with Crippen molar-refractivity contribution in [1.82, 2.24) is 5.32 Å². The summed E-state index contributed by atoms with van der Waals surface area (Å²) in [5.41, 5.74) is 4.24. The molecule has 1 heterocycles. The van der Waals surface area contributed by atoms with Crippen LogP contribution < -0.4 is 10.1 Å². The number of fused-ring (bicyclic) bond motifs is 1. The highest BCUT2D eigenvalue weighted by Gasteiger charge is 2.36. The lowest BCUT2D eigenvalue weighted by molar-refractivity contribution is 0.0178. The highest BCUT2D eigenvalue weighted by molar-refractivity contribution is 9.09. The van der Waals surface area contributed by atoms with Crippen LogP contribution in [0.1, 0.15) is 35.6 Å². The van der Waals surface area contributed by atoms with E-state index < -0.39 is 5.60 Å². The molecule has 1 aromatic carbocycles. The summed E-state index contributed by atoms with van der Waals surface area (Å²) < 4.78 is 22.8. The molecule has 0 saturated heterocycles. The fourth-order valence-corrected chi connectivity index (χ4v) is 3.75. The molecule has 0 aromatic heterocycles. The summed E-state index contributed by atoms with van der Waals surface area (Å²) in [4.78, 5) is 0. The second kappa shape index (κ2) is 11.9. The Kier molecular flexibility index (Phi) is 9.94. The van der Waals surface area contributed by atoms with Crippen molar-refractivity contribution >= 4 is 15.9 Å². The summed E-state index contributed by atoms with van der Waals surface area (Å²) in [6, 6.07) is 0. The fraction of sp³-hybridized carbons (Fsp3) is 0.652. The van der Waals surface area contributed by atoms with Crippen LogP contribution in [0, 0.1) is 20.8 Å². The van der Waals surface area contributed by atoms with Crippen LogP contribution in [0.25, 0.3) is 0 Å². The van der Waals surface area contributed by atoms with E-state index in [2.05, 4.69) is 34.7 Å². The molecule has 0 bridgehead atoms. The van der Waals surface area contributed by atoms with E-state index in [0.717, 1.165) is 51.9 Å². The quantitative estimate of drug-likeness (QED) is 0.325. The van der Waals surface area contributed by atoms with Gasteiger partial charge < -0.3 is 29.4 Å². The summed E-state index contributed by atoms with van der Waals surface area (Å²) in [6.45, 7) is 16.4. The maximum atomic E-state index is 10.3. The molecule has 0 amide bonds. The minimum absolute atomic E-state index is 0.378. The molecule has 1 atom stereocenters. The van der Waals surface area contributed by atoms with Crippen LogP contribution >= 0.6 is 15.9 Å². The summed E-state index contributed by atoms with van der Waals surface area (Å²) in [5, 5.41) is 14.5. The molecule has 1 unspecified atom stereocenters. The molecular formula is C23H36BrNO5. The molecule has 1 aromatic rings. The number of hydrogen-bond donors (Lipinski definition) is 2. The first-order valence-corrected chi connectivity index (χ1v) is 11.7. The normalized spacial score (nSPS) is 18.0. The van der Waals surface area contributed by atoms with E-state index in [1.165, 1.54) is 0 Å². The largest absolute Gasteiger partial charge is 0.507 e. The van der Waals surface area contributed by atoms with Gasteiger partial charge in [-0.1, -0.05) is 22.5 Å². The standard InChI is InChI=1S/C23H36BrNO5/c1-16-17(2)22-20(18(3)21(16)26)6-7-23(5,30-22)19(4)25-9-11-28-13-15-29-14-12-27-10-8-24/h25-26H,4,6-15H2,1-3,5H3. The molecule has 0 spiro atoms. The Morgan fingerprint density at radius 2 is 1.63 bits per heavy atom. The average Bonchev–Trinajstić information content (AvgIpc) is 2.74. The van der Waals surface area contributed by atoms with Gasteiger partial charge in [-0.05, 0) is 57.2 Å². The second-order valence-electron chi connectivity index (χ2n) is 7.80. The van der Waals surface area contributed by atoms with Crippen molar-refractivity contribution in [2.24, 2.45) is 0 Å². The molecule has 170 valence electrons. The van der Waals surface area contributed by atoms with Crippen LogP contribution in [0.15, 0.2) is 12.3 Å². The molecule has 0 radical (unpaired) electrons. The topological polar surface area (TPSA) is 69.2 Å². The van der Waals surface area contributed by atoms with Gasteiger partial charge in [0.1, 0.15) is 17.1 Å². The van der Waals surface area contributed by atoms with Crippen LogP contribution in [0.4, 0.5) is 0 Å². The Morgan fingerprint density at radius 1 is 1.03 bits per heavy atom. The van der Waals surface area contributed by atoms with Crippen molar-refractivity contribution in [1.29, 1.82) is 0 Å². The first kappa shape index (κ1) is 25.0. The lowest BCUT2D eigenvalue weighted by Crippen LogP contribution is -2.44. The fourth-order valence-electron chi connectivity index (χ4n) is 3.52. The molecule has 0 saturated carbocycles. The SMILES string of the molecule is C=C(NCCOCCOCCOCCBr)C1(C)CCc2c(C)c(O)c(C)c(C)c2O1. The van der Waals surface area contributed by atoms with E-state index >= 15 is 0 Å². The number of aromatic hydroxyl groups is 1. The maximum absolute atomic E-state index is 10.3. The lowest BCUT2D eigenvalue weighted by Gasteiger charge is -2.39. The summed E-state index contributed by atoms with van der Waals surface area (Å²) in [6.07, 6.45) is 1.65. The van der Waals surface area contributed by atoms with E-state index in [9.17, 15) is 5.11 Å². The smallest absolute Gasteiger partial charge is 0.145 e. The van der Waals surface area contributed by atoms with Crippen LogP contribution in [-0.2, 0) is 20.6 Å². The number of hydrogen-bond acceptors (Lipinski definition) is 6. The molecule has 1 aliphatic heterocycles. The Balaban J connectivity index is 1.73. The number of rotatable bonds is 13. The van der Waals surface area contributed by atoms with E-state index in [1.54, 1.807) is 0 Å². The van der Waals surface area contributed by atoms with E-state index in [-0.39, 0.29) is 0 Å². The summed E-state index contributed by atoms with van der Waals surface area (Å²) in [5.74, 6) is 1.26. The number of benzene rings is 1. The van der Waals surface area contributed by atoms with Gasteiger partial charge in [0.05, 0.1) is 39.6 Å². The van der Waals surface area contributed by atoms with Gasteiger partial charge in [0.25, 0.3) is 0 Å². The molecular weight excluding hydrogens is 450 g/mol. The zero-order chi connectivity index (χ0) is 22.1. The van der Waals surface area contributed by atoms with Crippen molar-refractivity contribution in [3.8, 4) is 11.5 Å². The summed E-state index contributed by atoms with van der Waals surface area (Å²) in [7, 11) is 0. The Morgan fingerprint density at radius 3 is 2.27 bits per heavy atom. The number of nitrogens with one attached hydrogen (secondary N) is 1. The van der Waals surface area contributed by atoms with Crippen molar-refractivity contribution in [3.63, 3.8) is 0 Å². The van der Waals surface area contributed by atoms with Crippen molar-refractivity contribution in [2.75, 3.05) is 51.5 Å². The number of halogens is 1. The monoisotopic (exact) mass is 485 g/mol. The predicted molar refractivity (Wildman–Crippen MR) is 123 cm³/mol. The second-order valence-corrected chi connectivity index (χ2v) is 8.59. The average molecular weight is 486 g/mol. The van der Waals surface area contributed by atoms with Gasteiger partial charge in [-0.15, -0.1) is 0 Å². The van der Waals surface area contributed by atoms with Gasteiger partial charge in [-0.3, -0.25) is 0 Å².